The Balaban J connectivity index is 0.00000176. The topological polar surface area (TPSA) is 89.9 Å². The minimum atomic E-state index is -0.721. The molecule has 0 atom stereocenters. The Hall–Kier alpha value is -2.03. The monoisotopic (exact) mass is 310 g/mol. The van der Waals surface area contributed by atoms with E-state index in [9.17, 15) is 14.0 Å². The number of aromatic nitrogens is 1. The second-order valence-corrected chi connectivity index (χ2v) is 4.16. The van der Waals surface area contributed by atoms with Gasteiger partial charge in [0.15, 0.2) is 17.7 Å². The molecule has 0 unspecified atom stereocenters. The third kappa shape index (κ3) is 3.59. The molecule has 1 aliphatic heterocycles. The third-order valence-corrected chi connectivity index (χ3v) is 2.69. The SMILES string of the molecule is O=C1CN(/N=C/c2ncc(-c3ccc(F)cc3)o2)C(=O)[N-]1.[Na+]. The van der Waals surface area contributed by atoms with Crippen LogP contribution >= 0.6 is 0 Å². The van der Waals surface area contributed by atoms with Gasteiger partial charge >= 0.3 is 29.6 Å². The van der Waals surface area contributed by atoms with Gasteiger partial charge in [-0.05, 0) is 24.3 Å². The molecule has 22 heavy (non-hydrogen) atoms. The number of carbonyl (C=O) groups excluding carboxylic acids is 2. The van der Waals surface area contributed by atoms with Crippen molar-refractivity contribution in [3.8, 4) is 11.3 Å². The normalized spacial score (nSPS) is 14.3. The summed E-state index contributed by atoms with van der Waals surface area (Å²) in [6.07, 6.45) is 2.66. The summed E-state index contributed by atoms with van der Waals surface area (Å²) in [6, 6.07) is 5.00. The van der Waals surface area contributed by atoms with E-state index in [4.69, 9.17) is 4.42 Å². The zero-order valence-electron chi connectivity index (χ0n) is 11.6. The van der Waals surface area contributed by atoms with Crippen molar-refractivity contribution < 1.29 is 48.0 Å². The number of rotatable bonds is 3. The number of halogens is 1. The molecule has 0 aliphatic carbocycles. The van der Waals surface area contributed by atoms with Crippen LogP contribution in [0.3, 0.4) is 0 Å². The van der Waals surface area contributed by atoms with E-state index in [1.165, 1.54) is 24.5 Å². The summed E-state index contributed by atoms with van der Waals surface area (Å²) in [6.45, 7) is -0.194. The molecule has 0 N–H and O–H groups in total. The van der Waals surface area contributed by atoms with Gasteiger partial charge in [0.05, 0.1) is 12.4 Å². The molecule has 7 nitrogen and oxygen atoms in total. The van der Waals surface area contributed by atoms with Gasteiger partial charge in [-0.2, -0.15) is 0 Å². The van der Waals surface area contributed by atoms with Crippen molar-refractivity contribution in [1.29, 1.82) is 0 Å². The molecule has 0 radical (unpaired) electrons. The number of hydrogen-bond donors (Lipinski definition) is 0. The zero-order valence-corrected chi connectivity index (χ0v) is 13.6. The standard InChI is InChI=1S/C13H9FN4O3.Na/c14-9-3-1-8(2-4-9)10-5-15-12(21-10)6-16-18-7-11(19)17-13(18)20;/h1-6H,7H2,(H,17,19,20);/q;+1/p-1/b16-6+;. The number of carbonyl (C=O) groups is 2. The fraction of sp³-hybridized carbons (Fsp3) is 0.0769. The first-order valence-corrected chi connectivity index (χ1v) is 5.93. The van der Waals surface area contributed by atoms with E-state index in [-0.39, 0.29) is 47.8 Å². The number of hydrazone groups is 1. The van der Waals surface area contributed by atoms with Crippen LogP contribution < -0.4 is 29.6 Å². The number of benzene rings is 1. The maximum absolute atomic E-state index is 12.8. The predicted octanol–water partition coefficient (Wildman–Crippen LogP) is -0.846. The summed E-state index contributed by atoms with van der Waals surface area (Å²) < 4.78 is 18.2. The number of amides is 3. The maximum atomic E-state index is 12.8. The quantitative estimate of drug-likeness (QED) is 0.420. The van der Waals surface area contributed by atoms with E-state index in [2.05, 4.69) is 15.4 Å². The predicted molar refractivity (Wildman–Crippen MR) is 70.0 cm³/mol. The summed E-state index contributed by atoms with van der Waals surface area (Å²) >= 11 is 0. The van der Waals surface area contributed by atoms with E-state index in [0.29, 0.717) is 11.3 Å². The molecule has 1 aromatic carbocycles. The van der Waals surface area contributed by atoms with Crippen LogP contribution in [0.1, 0.15) is 5.89 Å². The Bertz CT molecular complexity index is 729. The molecule has 1 saturated heterocycles. The number of hydrogen-bond acceptors (Lipinski definition) is 5. The molecule has 3 rings (SSSR count). The summed E-state index contributed by atoms with van der Waals surface area (Å²) in [7, 11) is 0. The molecule has 1 aliphatic rings. The Morgan fingerprint density at radius 3 is 2.68 bits per heavy atom. The second-order valence-electron chi connectivity index (χ2n) is 4.16. The first kappa shape index (κ1) is 16.3. The first-order chi connectivity index (χ1) is 10.1. The van der Waals surface area contributed by atoms with E-state index < -0.39 is 11.9 Å². The Morgan fingerprint density at radius 2 is 2.05 bits per heavy atom. The molecule has 1 fully saturated rings. The number of oxazole rings is 1. The molecule has 2 aromatic rings. The molecular formula is C13H8FN4NaO3. The Kier molecular flexibility index (Phi) is 5.07. The van der Waals surface area contributed by atoms with Gasteiger partial charge in [-0.1, -0.05) is 0 Å². The van der Waals surface area contributed by atoms with Crippen molar-refractivity contribution in [3.05, 3.63) is 47.5 Å². The van der Waals surface area contributed by atoms with Crippen LogP contribution in [0.5, 0.6) is 0 Å². The number of urea groups is 1. The van der Waals surface area contributed by atoms with Gasteiger partial charge in [-0.15, -0.1) is 0 Å². The van der Waals surface area contributed by atoms with Gasteiger partial charge in [0.1, 0.15) is 5.82 Å². The van der Waals surface area contributed by atoms with Crippen LogP contribution in [0.2, 0.25) is 0 Å². The van der Waals surface area contributed by atoms with Gasteiger partial charge in [0.2, 0.25) is 5.89 Å². The average molecular weight is 310 g/mol. The van der Waals surface area contributed by atoms with E-state index in [0.717, 1.165) is 5.01 Å². The minimum Gasteiger partial charge on any atom is -0.435 e. The number of imide groups is 1. The van der Waals surface area contributed by atoms with Gasteiger partial charge in [-0.25, -0.2) is 9.37 Å². The summed E-state index contributed by atoms with van der Waals surface area (Å²) in [5, 5.41) is 7.87. The van der Waals surface area contributed by atoms with Crippen LogP contribution in [0.25, 0.3) is 16.6 Å². The Morgan fingerprint density at radius 1 is 1.32 bits per heavy atom. The maximum Gasteiger partial charge on any atom is 1.00 e. The fourth-order valence-corrected chi connectivity index (χ4v) is 1.70. The summed E-state index contributed by atoms with van der Waals surface area (Å²) in [5.74, 6) is -0.302. The fourth-order valence-electron chi connectivity index (χ4n) is 1.70. The largest absolute Gasteiger partial charge is 1.00 e. The molecule has 0 spiro atoms. The summed E-state index contributed by atoms with van der Waals surface area (Å²) in [4.78, 5) is 26.1. The van der Waals surface area contributed by atoms with Crippen LogP contribution in [-0.2, 0) is 4.79 Å². The van der Waals surface area contributed by atoms with Crippen LogP contribution in [0.15, 0.2) is 40.0 Å². The molecule has 0 bridgehead atoms. The van der Waals surface area contributed by atoms with Crippen LogP contribution in [0, 0.1) is 5.82 Å². The minimum absolute atomic E-state index is 0. The van der Waals surface area contributed by atoms with E-state index >= 15 is 0 Å². The van der Waals surface area contributed by atoms with Crippen LogP contribution in [0.4, 0.5) is 9.18 Å². The average Bonchev–Trinajstić information content (AvgIpc) is 3.04. The first-order valence-electron chi connectivity index (χ1n) is 5.93. The zero-order chi connectivity index (χ0) is 14.8. The third-order valence-electron chi connectivity index (χ3n) is 2.69. The molecule has 3 amide bonds. The molecule has 2 heterocycles. The smallest absolute Gasteiger partial charge is 0.435 e. The second kappa shape index (κ2) is 6.82. The van der Waals surface area contributed by atoms with Crippen LogP contribution in [-0.4, -0.2) is 34.7 Å². The number of nitrogens with zero attached hydrogens (tertiary/aromatic N) is 4. The summed E-state index contributed by atoms with van der Waals surface area (Å²) in [5.41, 5.74) is 0.658. The van der Waals surface area contributed by atoms with Gasteiger partial charge in [-0.3, -0.25) is 14.7 Å². The van der Waals surface area contributed by atoms with Crippen molar-refractivity contribution in [1.82, 2.24) is 9.99 Å². The molecule has 0 saturated carbocycles. The van der Waals surface area contributed by atoms with Crippen molar-refractivity contribution >= 4 is 18.2 Å². The van der Waals surface area contributed by atoms with Gasteiger partial charge < -0.3 is 14.7 Å². The molecule has 106 valence electrons. The van der Waals surface area contributed by atoms with Crippen molar-refractivity contribution in [3.63, 3.8) is 0 Å². The van der Waals surface area contributed by atoms with Gasteiger partial charge in [0, 0.05) is 12.1 Å². The van der Waals surface area contributed by atoms with E-state index in [1.54, 1.807) is 12.1 Å². The van der Waals surface area contributed by atoms with Crippen molar-refractivity contribution in [2.45, 2.75) is 0 Å². The molecular weight excluding hydrogens is 302 g/mol. The Labute approximate surface area is 146 Å². The van der Waals surface area contributed by atoms with Crippen molar-refractivity contribution in [2.75, 3.05) is 6.54 Å². The molecule has 1 aromatic heterocycles. The molecule has 9 heteroatoms. The van der Waals surface area contributed by atoms with Gasteiger partial charge in [0.25, 0.3) is 0 Å². The van der Waals surface area contributed by atoms with Crippen molar-refractivity contribution in [2.24, 2.45) is 5.10 Å². The van der Waals surface area contributed by atoms with E-state index in [1.807, 2.05) is 0 Å².